The van der Waals surface area contributed by atoms with Crippen LogP contribution in [0.5, 0.6) is 0 Å². The van der Waals surface area contributed by atoms with E-state index in [0.717, 1.165) is 0 Å². The van der Waals surface area contributed by atoms with Crippen molar-refractivity contribution in [3.05, 3.63) is 0 Å². The van der Waals surface area contributed by atoms with E-state index in [1.54, 1.807) is 0 Å². The second-order valence-corrected chi connectivity index (χ2v) is 4.58. The molecule has 0 bridgehead atoms. The fourth-order valence-electron chi connectivity index (χ4n) is 1.78. The van der Waals surface area contributed by atoms with Crippen molar-refractivity contribution in [2.75, 3.05) is 19.7 Å². The number of alkyl halides is 1. The molecule has 1 heterocycles. The third-order valence-electron chi connectivity index (χ3n) is 3.09. The number of morpholine rings is 1. The van der Waals surface area contributed by atoms with Crippen LogP contribution in [0.1, 0.15) is 19.8 Å². The number of carboxylic acids is 1. The van der Waals surface area contributed by atoms with E-state index in [4.69, 9.17) is 9.84 Å². The first-order chi connectivity index (χ1) is 7.37. The second-order valence-electron chi connectivity index (χ2n) is 4.58. The van der Waals surface area contributed by atoms with Crippen LogP contribution in [0, 0.1) is 0 Å². The Morgan fingerprint density at radius 2 is 2.06 bits per heavy atom. The third-order valence-corrected chi connectivity index (χ3v) is 3.09. The van der Waals surface area contributed by atoms with Crippen molar-refractivity contribution < 1.29 is 23.8 Å². The summed E-state index contributed by atoms with van der Waals surface area (Å²) in [5.41, 5.74) is -3.16. The molecule has 1 atom stereocenters. The molecule has 16 heavy (non-hydrogen) atoms. The van der Waals surface area contributed by atoms with Gasteiger partial charge in [-0.2, -0.15) is 0 Å². The Morgan fingerprint density at radius 3 is 2.56 bits per heavy atom. The van der Waals surface area contributed by atoms with Crippen molar-refractivity contribution in [2.24, 2.45) is 0 Å². The van der Waals surface area contributed by atoms with Gasteiger partial charge in [0.05, 0.1) is 13.2 Å². The summed E-state index contributed by atoms with van der Waals surface area (Å²) in [7, 11) is 0. The van der Waals surface area contributed by atoms with Crippen molar-refractivity contribution >= 4 is 11.9 Å². The Morgan fingerprint density at radius 1 is 1.44 bits per heavy atom. The van der Waals surface area contributed by atoms with E-state index >= 15 is 0 Å². The maximum atomic E-state index is 13.6. The van der Waals surface area contributed by atoms with Crippen LogP contribution in [-0.2, 0) is 14.3 Å². The van der Waals surface area contributed by atoms with Gasteiger partial charge in [0, 0.05) is 6.54 Å². The zero-order valence-corrected chi connectivity index (χ0v) is 9.03. The molecule has 0 radical (unpaired) electrons. The molecule has 90 valence electrons. The van der Waals surface area contributed by atoms with E-state index in [0.29, 0.717) is 0 Å². The average molecular weight is 231 g/mol. The van der Waals surface area contributed by atoms with Gasteiger partial charge in [0.1, 0.15) is 0 Å². The molecule has 2 rings (SSSR count). The maximum Gasteiger partial charge on any atom is 0.337 e. The predicted octanol–water partition coefficient (Wildman–Crippen LogP) is 0.191. The van der Waals surface area contributed by atoms with E-state index in [2.05, 4.69) is 0 Å². The highest BCUT2D eigenvalue weighted by atomic mass is 19.1. The molecule has 1 saturated carbocycles. The zero-order chi connectivity index (χ0) is 12.0. The number of ether oxygens (including phenoxy) is 1. The maximum absolute atomic E-state index is 13.6. The van der Waals surface area contributed by atoms with Crippen LogP contribution in [0.4, 0.5) is 4.39 Å². The highest BCUT2D eigenvalue weighted by Crippen LogP contribution is 2.42. The first-order valence-corrected chi connectivity index (χ1v) is 5.23. The smallest absolute Gasteiger partial charge is 0.337 e. The van der Waals surface area contributed by atoms with E-state index in [-0.39, 0.29) is 32.5 Å². The lowest BCUT2D eigenvalue weighted by Crippen LogP contribution is -2.57. The van der Waals surface area contributed by atoms with Gasteiger partial charge < -0.3 is 14.7 Å². The van der Waals surface area contributed by atoms with E-state index in [1.165, 1.54) is 11.8 Å². The molecule has 1 amide bonds. The molecule has 2 fully saturated rings. The minimum absolute atomic E-state index is 0.0904. The molecular formula is C10H14FNO4. The molecule has 1 aliphatic carbocycles. The number of amides is 1. The minimum atomic E-state index is -1.74. The Bertz CT molecular complexity index is 342. The van der Waals surface area contributed by atoms with Crippen LogP contribution >= 0.6 is 0 Å². The standard InChI is InChI=1S/C10H14FNO4/c1-9(8(14)15)6-12(4-5-16-9)7(13)10(11)2-3-10/h2-6H2,1H3,(H,14,15). The van der Waals surface area contributed by atoms with Crippen molar-refractivity contribution in [2.45, 2.75) is 31.0 Å². The number of nitrogens with zero attached hydrogens (tertiary/aromatic N) is 1. The topological polar surface area (TPSA) is 66.8 Å². The van der Waals surface area contributed by atoms with Crippen molar-refractivity contribution in [3.8, 4) is 0 Å². The minimum Gasteiger partial charge on any atom is -0.479 e. The number of carbonyl (C=O) groups excluding carboxylic acids is 1. The van der Waals surface area contributed by atoms with Gasteiger partial charge in [0.15, 0.2) is 11.3 Å². The predicted molar refractivity (Wildman–Crippen MR) is 51.6 cm³/mol. The third kappa shape index (κ3) is 1.77. The monoisotopic (exact) mass is 231 g/mol. The summed E-state index contributed by atoms with van der Waals surface area (Å²) in [4.78, 5) is 23.9. The molecule has 1 saturated heterocycles. The summed E-state index contributed by atoms with van der Waals surface area (Å²) in [5, 5.41) is 8.96. The van der Waals surface area contributed by atoms with Crippen molar-refractivity contribution in [1.82, 2.24) is 4.90 Å². The van der Waals surface area contributed by atoms with Gasteiger partial charge in [-0.1, -0.05) is 0 Å². The molecule has 0 aromatic heterocycles. The lowest BCUT2D eigenvalue weighted by Gasteiger charge is -2.38. The van der Waals surface area contributed by atoms with E-state index in [9.17, 15) is 14.0 Å². The van der Waals surface area contributed by atoms with Gasteiger partial charge in [-0.15, -0.1) is 0 Å². The molecule has 0 aromatic carbocycles. The van der Waals surface area contributed by atoms with Crippen LogP contribution in [0.2, 0.25) is 0 Å². The van der Waals surface area contributed by atoms with Crippen LogP contribution in [-0.4, -0.2) is 52.8 Å². The van der Waals surface area contributed by atoms with E-state index in [1.807, 2.05) is 0 Å². The Kier molecular flexibility index (Phi) is 2.41. The normalized spacial score (nSPS) is 32.2. The molecule has 0 aromatic rings. The summed E-state index contributed by atoms with van der Waals surface area (Å²) < 4.78 is 18.7. The van der Waals surface area contributed by atoms with Crippen molar-refractivity contribution in [1.29, 1.82) is 0 Å². The van der Waals surface area contributed by atoms with Gasteiger partial charge in [-0.3, -0.25) is 4.79 Å². The molecule has 1 unspecified atom stereocenters. The quantitative estimate of drug-likeness (QED) is 0.736. The Balaban J connectivity index is 2.07. The van der Waals surface area contributed by atoms with Crippen LogP contribution in [0.15, 0.2) is 0 Å². The number of rotatable bonds is 2. The van der Waals surface area contributed by atoms with Gasteiger partial charge in [-0.05, 0) is 19.8 Å². The number of hydrogen-bond acceptors (Lipinski definition) is 3. The van der Waals surface area contributed by atoms with Gasteiger partial charge >= 0.3 is 5.97 Å². The molecule has 0 spiro atoms. The van der Waals surface area contributed by atoms with Crippen molar-refractivity contribution in [3.63, 3.8) is 0 Å². The molecule has 2 aliphatic rings. The molecular weight excluding hydrogens is 217 g/mol. The Hall–Kier alpha value is -1.17. The fourth-order valence-corrected chi connectivity index (χ4v) is 1.78. The first kappa shape index (κ1) is 11.3. The summed E-state index contributed by atoms with van der Waals surface area (Å²) >= 11 is 0. The average Bonchev–Trinajstić information content (AvgIpc) is 2.96. The zero-order valence-electron chi connectivity index (χ0n) is 9.03. The van der Waals surface area contributed by atoms with Crippen LogP contribution in [0.3, 0.4) is 0 Å². The fraction of sp³-hybridized carbons (Fsp3) is 0.800. The number of aliphatic carboxylic acids is 1. The lowest BCUT2D eigenvalue weighted by atomic mass is 10.0. The summed E-state index contributed by atoms with van der Waals surface area (Å²) in [5.74, 6) is -1.73. The summed E-state index contributed by atoms with van der Waals surface area (Å²) in [6.45, 7) is 1.69. The van der Waals surface area contributed by atoms with E-state index < -0.39 is 23.1 Å². The van der Waals surface area contributed by atoms with Crippen LogP contribution < -0.4 is 0 Å². The number of carboxylic acid groups (broad SMARTS) is 1. The molecule has 6 heteroatoms. The van der Waals surface area contributed by atoms with Gasteiger partial charge in [0.2, 0.25) is 0 Å². The summed E-state index contributed by atoms with van der Waals surface area (Å²) in [6, 6.07) is 0. The lowest BCUT2D eigenvalue weighted by molar-refractivity contribution is -0.178. The van der Waals surface area contributed by atoms with Gasteiger partial charge in [0.25, 0.3) is 5.91 Å². The highest BCUT2D eigenvalue weighted by molar-refractivity contribution is 5.89. The number of halogens is 1. The molecule has 1 N–H and O–H groups in total. The molecule has 5 nitrogen and oxygen atoms in total. The number of carbonyl (C=O) groups is 2. The summed E-state index contributed by atoms with van der Waals surface area (Å²) in [6.07, 6.45) is 0.486. The van der Waals surface area contributed by atoms with Gasteiger partial charge in [-0.25, -0.2) is 9.18 Å². The van der Waals surface area contributed by atoms with Crippen LogP contribution in [0.25, 0.3) is 0 Å². The largest absolute Gasteiger partial charge is 0.479 e. The highest BCUT2D eigenvalue weighted by Gasteiger charge is 2.54. The first-order valence-electron chi connectivity index (χ1n) is 5.23. The number of hydrogen-bond donors (Lipinski definition) is 1. The molecule has 1 aliphatic heterocycles. The SMILES string of the molecule is CC1(C(=O)O)CN(C(=O)C2(F)CC2)CCO1. The second kappa shape index (κ2) is 3.41. The Labute approximate surface area is 92.2 Å².